The van der Waals surface area contributed by atoms with Crippen molar-refractivity contribution < 1.29 is 0 Å². The van der Waals surface area contributed by atoms with Gasteiger partial charge in [-0.15, -0.1) is 0 Å². The average Bonchev–Trinajstić information content (AvgIpc) is 1.80. The van der Waals surface area contributed by atoms with Crippen molar-refractivity contribution >= 4 is 108 Å². The van der Waals surface area contributed by atoms with Gasteiger partial charge >= 0.3 is 0 Å². The molecule has 0 N–H and O–H groups in total. The van der Waals surface area contributed by atoms with E-state index in [0.29, 0.717) is 0 Å². The third kappa shape index (κ3) is 7.76. The molecular formula is C84H52. The Morgan fingerprint density at radius 2 is 0.500 bits per heavy atom. The van der Waals surface area contributed by atoms with Crippen LogP contribution in [0, 0.1) is 0 Å². The van der Waals surface area contributed by atoms with Crippen LogP contribution in [0.15, 0.2) is 315 Å². The summed E-state index contributed by atoms with van der Waals surface area (Å²) in [6.45, 7) is 0. The molecule has 18 aromatic rings. The Bertz CT molecular complexity index is 5330. The van der Waals surface area contributed by atoms with E-state index in [1.165, 1.54) is 174 Å². The molecule has 0 aliphatic carbocycles. The summed E-state index contributed by atoms with van der Waals surface area (Å²) < 4.78 is 0. The van der Waals surface area contributed by atoms with Gasteiger partial charge in [0, 0.05) is 0 Å². The molecule has 0 saturated carbocycles. The molecule has 0 unspecified atom stereocenters. The maximum atomic E-state index is 2.41. The normalized spacial score (nSPS) is 11.8. The van der Waals surface area contributed by atoms with Gasteiger partial charge in [-0.05, 0) is 199 Å². The van der Waals surface area contributed by atoms with Crippen LogP contribution >= 0.6 is 0 Å². The largest absolute Gasteiger partial charge is 0.0622 e. The van der Waals surface area contributed by atoms with E-state index in [-0.39, 0.29) is 0 Å². The van der Waals surface area contributed by atoms with Gasteiger partial charge in [0.15, 0.2) is 0 Å². The molecule has 0 bridgehead atoms. The number of rotatable bonds is 6. The molecule has 0 aromatic heterocycles. The van der Waals surface area contributed by atoms with Gasteiger partial charge in [-0.25, -0.2) is 0 Å². The van der Waals surface area contributed by atoms with Crippen molar-refractivity contribution in [2.24, 2.45) is 0 Å². The van der Waals surface area contributed by atoms with Gasteiger partial charge in [0.2, 0.25) is 0 Å². The number of benzene rings is 18. The average molecular weight is 1060 g/mol. The Hall–Kier alpha value is -10.9. The van der Waals surface area contributed by atoms with Crippen molar-refractivity contribution in [1.82, 2.24) is 0 Å². The van der Waals surface area contributed by atoms with Gasteiger partial charge in [0.1, 0.15) is 0 Å². The van der Waals surface area contributed by atoms with Crippen LogP contribution in [0.3, 0.4) is 0 Å². The first-order valence-electron chi connectivity index (χ1n) is 29.2. The van der Waals surface area contributed by atoms with Crippen molar-refractivity contribution in [3.05, 3.63) is 315 Å². The van der Waals surface area contributed by atoms with Crippen molar-refractivity contribution in [2.45, 2.75) is 0 Å². The van der Waals surface area contributed by atoms with Gasteiger partial charge in [-0.1, -0.05) is 291 Å². The lowest BCUT2D eigenvalue weighted by Crippen LogP contribution is -1.91. The Morgan fingerprint density at radius 1 is 0.131 bits per heavy atom. The minimum atomic E-state index is 1.23. The summed E-state index contributed by atoms with van der Waals surface area (Å²) in [4.78, 5) is 0. The zero-order valence-corrected chi connectivity index (χ0v) is 46.0. The lowest BCUT2D eigenvalue weighted by Gasteiger charge is -2.19. The molecule has 18 aromatic carbocycles. The van der Waals surface area contributed by atoms with Crippen molar-refractivity contribution in [3.63, 3.8) is 0 Å². The second kappa shape index (κ2) is 19.4. The number of fused-ring (bicyclic) bond motifs is 4. The Kier molecular flexibility index (Phi) is 11.0. The number of hydrogen-bond acceptors (Lipinski definition) is 0. The summed E-state index contributed by atoms with van der Waals surface area (Å²) in [6, 6.07) is 116. The van der Waals surface area contributed by atoms with E-state index in [1.54, 1.807) is 0 Å². The fourth-order valence-electron chi connectivity index (χ4n) is 14.1. The summed E-state index contributed by atoms with van der Waals surface area (Å²) in [5.74, 6) is 0. The molecule has 0 fully saturated rings. The highest BCUT2D eigenvalue weighted by molar-refractivity contribution is 6.28. The highest BCUT2D eigenvalue weighted by Crippen LogP contribution is 2.47. The molecule has 0 spiro atoms. The van der Waals surface area contributed by atoms with Gasteiger partial charge in [-0.2, -0.15) is 0 Å². The van der Waals surface area contributed by atoms with Crippen LogP contribution in [-0.4, -0.2) is 0 Å². The van der Waals surface area contributed by atoms with Crippen molar-refractivity contribution in [3.8, 4) is 66.8 Å². The van der Waals surface area contributed by atoms with Crippen LogP contribution in [0.5, 0.6) is 0 Å². The second-order valence-corrected chi connectivity index (χ2v) is 22.6. The Morgan fingerprint density at radius 3 is 1.07 bits per heavy atom. The minimum absolute atomic E-state index is 1.23. The van der Waals surface area contributed by atoms with Crippen LogP contribution in [0.1, 0.15) is 0 Å². The molecule has 0 amide bonds. The molecular weight excluding hydrogens is 1010 g/mol. The highest BCUT2D eigenvalue weighted by atomic mass is 14.2. The molecule has 0 aliphatic rings. The third-order valence-electron chi connectivity index (χ3n) is 18.0. The van der Waals surface area contributed by atoms with Gasteiger partial charge < -0.3 is 0 Å². The van der Waals surface area contributed by atoms with E-state index in [1.807, 2.05) is 0 Å². The van der Waals surface area contributed by atoms with E-state index < -0.39 is 0 Å². The molecule has 388 valence electrons. The van der Waals surface area contributed by atoms with Crippen LogP contribution in [0.4, 0.5) is 0 Å². The van der Waals surface area contributed by atoms with E-state index in [4.69, 9.17) is 0 Å². The van der Waals surface area contributed by atoms with Crippen LogP contribution < -0.4 is 0 Å². The van der Waals surface area contributed by atoms with E-state index >= 15 is 0 Å². The highest BCUT2D eigenvalue weighted by Gasteiger charge is 2.20. The predicted molar refractivity (Wildman–Crippen MR) is 363 cm³/mol. The second-order valence-electron chi connectivity index (χ2n) is 22.6. The van der Waals surface area contributed by atoms with E-state index in [9.17, 15) is 0 Å². The first-order chi connectivity index (χ1) is 41.6. The molecule has 0 nitrogen and oxygen atoms in total. The SMILES string of the molecule is c1ccc(-c2cc(-c3ccc4ccc5cccc6ccc3c4c56)cc(-c3ccc4ccc5cccc6ccc3c4c56)c2)cc1.c1ccc2cc(-c3ccc(-c4c5ccccc5c(-c5cccc6ccccc56)c5ccccc45)cc3)ccc2c1. The van der Waals surface area contributed by atoms with Gasteiger partial charge in [0.25, 0.3) is 0 Å². The fraction of sp³-hybridized carbons (Fsp3) is 0. The fourth-order valence-corrected chi connectivity index (χ4v) is 14.1. The smallest absolute Gasteiger partial charge is 0.00201 e. The van der Waals surface area contributed by atoms with Crippen LogP contribution in [-0.2, 0) is 0 Å². The van der Waals surface area contributed by atoms with Crippen molar-refractivity contribution in [2.75, 3.05) is 0 Å². The molecule has 0 aliphatic heterocycles. The summed E-state index contributed by atoms with van der Waals surface area (Å²) in [5.41, 5.74) is 15.1. The quantitative estimate of drug-likeness (QED) is 0.115. The minimum Gasteiger partial charge on any atom is -0.0622 e. The van der Waals surface area contributed by atoms with Gasteiger partial charge in [-0.3, -0.25) is 0 Å². The predicted octanol–water partition coefficient (Wildman–Crippen LogP) is 23.8. The molecule has 0 atom stereocenters. The third-order valence-corrected chi connectivity index (χ3v) is 18.0. The monoisotopic (exact) mass is 1060 g/mol. The van der Waals surface area contributed by atoms with Crippen LogP contribution in [0.2, 0.25) is 0 Å². The first kappa shape index (κ1) is 47.8. The molecule has 0 heteroatoms. The summed E-state index contributed by atoms with van der Waals surface area (Å²) in [7, 11) is 0. The zero-order valence-electron chi connectivity index (χ0n) is 46.0. The molecule has 84 heavy (non-hydrogen) atoms. The topological polar surface area (TPSA) is 0 Å². The van der Waals surface area contributed by atoms with Crippen LogP contribution in [0.25, 0.3) is 174 Å². The summed E-state index contributed by atoms with van der Waals surface area (Å²) in [6.07, 6.45) is 0. The van der Waals surface area contributed by atoms with E-state index in [2.05, 4.69) is 315 Å². The lowest BCUT2D eigenvalue weighted by molar-refractivity contribution is 1.59. The molecule has 0 radical (unpaired) electrons. The van der Waals surface area contributed by atoms with E-state index in [0.717, 1.165) is 0 Å². The van der Waals surface area contributed by atoms with Crippen molar-refractivity contribution in [1.29, 1.82) is 0 Å². The Balaban J connectivity index is 0.000000133. The first-order valence-corrected chi connectivity index (χ1v) is 29.2. The number of hydrogen-bond donors (Lipinski definition) is 0. The standard InChI is InChI=1S/C44H26.C40H26/c1-2-6-27(7-3-1)34-24-35(37-20-16-32-14-12-28-8-4-10-30-18-22-39(37)43(32)41(28)30)26-36(25-34)38-21-17-33-15-13-29-9-5-11-31-19-23-40(38)44(33)42(29)31;1-2-12-31-26-32(25-22-27(31)10-1)28-20-23-30(24-21-28)39-35-15-5-7-17-37(35)40(38-18-8-6-16-36(38)39)34-19-9-13-29-11-3-4-14-33(29)34/h1-26H;1-26H. The molecule has 18 rings (SSSR count). The molecule has 0 heterocycles. The summed E-state index contributed by atoms with van der Waals surface area (Å²) in [5, 5.41) is 26.0. The van der Waals surface area contributed by atoms with Gasteiger partial charge in [0.05, 0.1) is 0 Å². The maximum absolute atomic E-state index is 2.41. The lowest BCUT2D eigenvalue weighted by atomic mass is 9.84. The Labute approximate surface area is 487 Å². The maximum Gasteiger partial charge on any atom is -0.00201 e. The zero-order chi connectivity index (χ0) is 55.2. The molecule has 0 saturated heterocycles. The summed E-state index contributed by atoms with van der Waals surface area (Å²) >= 11 is 0.